The molecular weight excluding hydrogens is 230 g/mol. The van der Waals surface area contributed by atoms with E-state index in [0.717, 1.165) is 26.1 Å². The first-order valence-corrected chi connectivity index (χ1v) is 6.26. The SMILES string of the molecule is CC1CN(C)CCCN1C(=O)c1ccc(=O)[nH]c1. The lowest BCUT2D eigenvalue weighted by Gasteiger charge is -2.28. The lowest BCUT2D eigenvalue weighted by atomic mass is 10.2. The summed E-state index contributed by atoms with van der Waals surface area (Å²) in [6.45, 7) is 4.73. The van der Waals surface area contributed by atoms with Crippen molar-refractivity contribution in [3.8, 4) is 0 Å². The largest absolute Gasteiger partial charge is 0.335 e. The van der Waals surface area contributed by atoms with E-state index in [1.807, 2.05) is 4.90 Å². The Bertz CT molecular complexity index is 463. The van der Waals surface area contributed by atoms with E-state index in [1.165, 1.54) is 12.3 Å². The third kappa shape index (κ3) is 2.79. The summed E-state index contributed by atoms with van der Waals surface area (Å²) >= 11 is 0. The maximum Gasteiger partial charge on any atom is 0.255 e. The lowest BCUT2D eigenvalue weighted by Crippen LogP contribution is -2.42. The highest BCUT2D eigenvalue weighted by Crippen LogP contribution is 2.12. The second-order valence-electron chi connectivity index (χ2n) is 4.90. The molecule has 1 aromatic heterocycles. The lowest BCUT2D eigenvalue weighted by molar-refractivity contribution is 0.0696. The van der Waals surface area contributed by atoms with E-state index in [0.29, 0.717) is 5.56 Å². The third-order valence-electron chi connectivity index (χ3n) is 3.34. The number of H-pyrrole nitrogens is 1. The van der Waals surface area contributed by atoms with Crippen molar-refractivity contribution in [2.75, 3.05) is 26.7 Å². The predicted octanol–water partition coefficient (Wildman–Crippen LogP) is 0.541. The molecule has 1 unspecified atom stereocenters. The quantitative estimate of drug-likeness (QED) is 0.790. The number of rotatable bonds is 1. The number of carbonyl (C=O) groups excluding carboxylic acids is 1. The van der Waals surface area contributed by atoms with Crippen molar-refractivity contribution in [1.29, 1.82) is 0 Å². The zero-order valence-electron chi connectivity index (χ0n) is 10.8. The second-order valence-corrected chi connectivity index (χ2v) is 4.90. The Hall–Kier alpha value is -1.62. The van der Waals surface area contributed by atoms with Crippen LogP contribution in [0.4, 0.5) is 0 Å². The molecule has 5 heteroatoms. The normalized spacial score (nSPS) is 21.7. The fraction of sp³-hybridized carbons (Fsp3) is 0.538. The molecule has 5 nitrogen and oxygen atoms in total. The molecule has 98 valence electrons. The van der Waals surface area contributed by atoms with Crippen LogP contribution in [0, 0.1) is 0 Å². The first kappa shape index (κ1) is 12.8. The van der Waals surface area contributed by atoms with E-state index in [-0.39, 0.29) is 17.5 Å². The molecule has 1 fully saturated rings. The summed E-state index contributed by atoms with van der Waals surface area (Å²) in [6.07, 6.45) is 2.47. The van der Waals surface area contributed by atoms with Crippen molar-refractivity contribution in [3.05, 3.63) is 34.2 Å². The molecule has 1 aliphatic heterocycles. The van der Waals surface area contributed by atoms with E-state index in [4.69, 9.17) is 0 Å². The smallest absolute Gasteiger partial charge is 0.255 e. The van der Waals surface area contributed by atoms with Crippen molar-refractivity contribution < 1.29 is 4.79 Å². The molecule has 1 atom stereocenters. The van der Waals surface area contributed by atoms with Crippen molar-refractivity contribution in [3.63, 3.8) is 0 Å². The minimum atomic E-state index is -0.185. The van der Waals surface area contributed by atoms with Crippen molar-refractivity contribution in [1.82, 2.24) is 14.8 Å². The summed E-state index contributed by atoms with van der Waals surface area (Å²) in [4.78, 5) is 30.0. The van der Waals surface area contributed by atoms with Gasteiger partial charge < -0.3 is 14.8 Å². The number of carbonyl (C=O) groups is 1. The number of hydrogen-bond acceptors (Lipinski definition) is 3. The Morgan fingerprint density at radius 2 is 2.17 bits per heavy atom. The van der Waals surface area contributed by atoms with Crippen LogP contribution < -0.4 is 5.56 Å². The van der Waals surface area contributed by atoms with Crippen LogP contribution in [0.1, 0.15) is 23.7 Å². The van der Waals surface area contributed by atoms with Crippen LogP contribution in [0.25, 0.3) is 0 Å². The minimum Gasteiger partial charge on any atom is -0.335 e. The molecule has 1 aromatic rings. The summed E-state index contributed by atoms with van der Waals surface area (Å²) < 4.78 is 0. The molecule has 0 saturated carbocycles. The zero-order chi connectivity index (χ0) is 13.1. The molecule has 0 bridgehead atoms. The molecule has 0 aromatic carbocycles. The number of hydrogen-bond donors (Lipinski definition) is 1. The van der Waals surface area contributed by atoms with Crippen LogP contribution in [0.2, 0.25) is 0 Å². The van der Waals surface area contributed by atoms with E-state index in [9.17, 15) is 9.59 Å². The number of nitrogens with one attached hydrogen (secondary N) is 1. The number of likely N-dealkylation sites (N-methyl/N-ethyl adjacent to an activating group) is 1. The van der Waals surface area contributed by atoms with Gasteiger partial charge in [0.05, 0.1) is 5.56 Å². The predicted molar refractivity (Wildman–Crippen MR) is 69.7 cm³/mol. The Morgan fingerprint density at radius 1 is 1.39 bits per heavy atom. The van der Waals surface area contributed by atoms with Gasteiger partial charge in [0, 0.05) is 31.4 Å². The van der Waals surface area contributed by atoms with Gasteiger partial charge in [0.2, 0.25) is 5.56 Å². The fourth-order valence-electron chi connectivity index (χ4n) is 2.38. The molecule has 1 saturated heterocycles. The Labute approximate surface area is 106 Å². The van der Waals surface area contributed by atoms with Gasteiger partial charge in [0.1, 0.15) is 0 Å². The van der Waals surface area contributed by atoms with Gasteiger partial charge in [-0.3, -0.25) is 9.59 Å². The number of aromatic nitrogens is 1. The Balaban J connectivity index is 2.17. The Kier molecular flexibility index (Phi) is 3.81. The van der Waals surface area contributed by atoms with Crippen LogP contribution in [0.15, 0.2) is 23.1 Å². The monoisotopic (exact) mass is 249 g/mol. The molecule has 1 aliphatic rings. The fourth-order valence-corrected chi connectivity index (χ4v) is 2.38. The summed E-state index contributed by atoms with van der Waals surface area (Å²) in [7, 11) is 2.07. The van der Waals surface area contributed by atoms with Crippen LogP contribution in [-0.4, -0.2) is 53.4 Å². The van der Waals surface area contributed by atoms with Crippen LogP contribution >= 0.6 is 0 Å². The summed E-state index contributed by atoms with van der Waals surface area (Å²) in [5.74, 6) is -0.00551. The van der Waals surface area contributed by atoms with Crippen LogP contribution in [-0.2, 0) is 0 Å². The van der Waals surface area contributed by atoms with Gasteiger partial charge in [-0.2, -0.15) is 0 Å². The summed E-state index contributed by atoms with van der Waals surface area (Å²) in [5, 5.41) is 0. The van der Waals surface area contributed by atoms with Crippen LogP contribution in [0.3, 0.4) is 0 Å². The maximum absolute atomic E-state index is 12.4. The molecule has 1 amide bonds. The highest BCUT2D eigenvalue weighted by molar-refractivity contribution is 5.94. The first-order chi connectivity index (χ1) is 8.58. The average Bonchev–Trinajstić information content (AvgIpc) is 2.50. The molecule has 2 heterocycles. The van der Waals surface area contributed by atoms with Crippen molar-refractivity contribution in [2.45, 2.75) is 19.4 Å². The Morgan fingerprint density at radius 3 is 2.83 bits per heavy atom. The van der Waals surface area contributed by atoms with Crippen molar-refractivity contribution >= 4 is 5.91 Å². The van der Waals surface area contributed by atoms with Gasteiger partial charge in [-0.25, -0.2) is 0 Å². The van der Waals surface area contributed by atoms with E-state index >= 15 is 0 Å². The summed E-state index contributed by atoms with van der Waals surface area (Å²) in [6, 6.07) is 3.17. The van der Waals surface area contributed by atoms with Gasteiger partial charge in [-0.05, 0) is 33.0 Å². The van der Waals surface area contributed by atoms with E-state index in [2.05, 4.69) is 23.9 Å². The molecule has 0 radical (unpaired) electrons. The van der Waals surface area contributed by atoms with E-state index < -0.39 is 0 Å². The number of amides is 1. The number of nitrogens with zero attached hydrogens (tertiary/aromatic N) is 2. The topological polar surface area (TPSA) is 56.4 Å². The second kappa shape index (κ2) is 5.35. The number of aromatic amines is 1. The van der Waals surface area contributed by atoms with E-state index in [1.54, 1.807) is 6.07 Å². The standard InChI is InChI=1S/C13H19N3O2/c1-10-9-15(2)6-3-7-16(10)13(18)11-4-5-12(17)14-8-11/h4-5,8,10H,3,6-7,9H2,1-2H3,(H,14,17). The van der Waals surface area contributed by atoms with Gasteiger partial charge in [0.15, 0.2) is 0 Å². The average molecular weight is 249 g/mol. The molecule has 0 spiro atoms. The van der Waals surface area contributed by atoms with Gasteiger partial charge in [0.25, 0.3) is 5.91 Å². The molecular formula is C13H19N3O2. The maximum atomic E-state index is 12.4. The molecule has 18 heavy (non-hydrogen) atoms. The minimum absolute atomic E-state index is 0.00551. The summed E-state index contributed by atoms with van der Waals surface area (Å²) in [5.41, 5.74) is 0.362. The zero-order valence-corrected chi connectivity index (χ0v) is 10.8. The number of pyridine rings is 1. The first-order valence-electron chi connectivity index (χ1n) is 6.26. The van der Waals surface area contributed by atoms with Gasteiger partial charge in [-0.1, -0.05) is 0 Å². The third-order valence-corrected chi connectivity index (χ3v) is 3.34. The van der Waals surface area contributed by atoms with Gasteiger partial charge >= 0.3 is 0 Å². The highest BCUT2D eigenvalue weighted by atomic mass is 16.2. The highest BCUT2D eigenvalue weighted by Gasteiger charge is 2.24. The molecule has 1 N–H and O–H groups in total. The van der Waals surface area contributed by atoms with Gasteiger partial charge in [-0.15, -0.1) is 0 Å². The van der Waals surface area contributed by atoms with Crippen molar-refractivity contribution in [2.24, 2.45) is 0 Å². The molecule has 0 aliphatic carbocycles. The molecule has 2 rings (SSSR count). The van der Waals surface area contributed by atoms with Crippen LogP contribution in [0.5, 0.6) is 0 Å².